The average Bonchev–Trinajstić information content (AvgIpc) is 3.39. The van der Waals surface area contributed by atoms with Crippen molar-refractivity contribution in [2.24, 2.45) is 0 Å². The number of nitrogens with zero attached hydrogens (tertiary/aromatic N) is 2. The molecule has 1 aromatic heterocycles. The second-order valence-electron chi connectivity index (χ2n) is 6.95. The highest BCUT2D eigenvalue weighted by Gasteiger charge is 2.36. The van der Waals surface area contributed by atoms with Gasteiger partial charge in [0.15, 0.2) is 5.13 Å². The first kappa shape index (κ1) is 19.5. The lowest BCUT2D eigenvalue weighted by Crippen LogP contribution is -2.44. The molecule has 0 aliphatic heterocycles. The fourth-order valence-electron chi connectivity index (χ4n) is 3.05. The van der Waals surface area contributed by atoms with Crippen LogP contribution in [0.1, 0.15) is 38.7 Å². The Balaban J connectivity index is 1.61. The number of thiazole rings is 1. The lowest BCUT2D eigenvalue weighted by molar-refractivity contribution is -0.143. The van der Waals surface area contributed by atoms with Gasteiger partial charge >= 0.3 is 5.97 Å². The maximum Gasteiger partial charge on any atom is 0.320 e. The van der Waals surface area contributed by atoms with Crippen molar-refractivity contribution in [3.05, 3.63) is 35.2 Å². The number of anilines is 1. The Hall–Kier alpha value is -2.25. The Bertz CT molecular complexity index is 799. The van der Waals surface area contributed by atoms with Crippen LogP contribution in [-0.2, 0) is 16.0 Å². The van der Waals surface area contributed by atoms with Gasteiger partial charge in [0.05, 0.1) is 12.2 Å². The third kappa shape index (κ3) is 5.14. The smallest absolute Gasteiger partial charge is 0.320 e. The van der Waals surface area contributed by atoms with Crippen LogP contribution in [0.15, 0.2) is 29.6 Å². The van der Waals surface area contributed by atoms with E-state index in [9.17, 15) is 14.7 Å². The van der Waals surface area contributed by atoms with Crippen molar-refractivity contribution in [1.82, 2.24) is 9.88 Å². The number of benzene rings is 1. The van der Waals surface area contributed by atoms with Crippen molar-refractivity contribution in [3.63, 3.8) is 0 Å². The number of carboxylic acids is 1. The van der Waals surface area contributed by atoms with E-state index < -0.39 is 12.0 Å². The minimum Gasteiger partial charge on any atom is -0.480 e. The molecule has 6 nitrogen and oxygen atoms in total. The van der Waals surface area contributed by atoms with E-state index in [0.29, 0.717) is 5.13 Å². The maximum atomic E-state index is 12.4. The van der Waals surface area contributed by atoms with Crippen LogP contribution < -0.4 is 5.32 Å². The highest BCUT2D eigenvalue weighted by molar-refractivity contribution is 7.14. The summed E-state index contributed by atoms with van der Waals surface area (Å²) >= 11 is 1.38. The van der Waals surface area contributed by atoms with Gasteiger partial charge in [0, 0.05) is 17.0 Å². The van der Waals surface area contributed by atoms with Gasteiger partial charge in [0.2, 0.25) is 5.91 Å². The summed E-state index contributed by atoms with van der Waals surface area (Å²) in [4.78, 5) is 29.9. The van der Waals surface area contributed by atoms with E-state index in [1.165, 1.54) is 16.9 Å². The van der Waals surface area contributed by atoms with Crippen molar-refractivity contribution in [2.75, 3.05) is 11.9 Å². The normalized spacial score (nSPS) is 14.9. The molecule has 27 heavy (non-hydrogen) atoms. The molecule has 3 rings (SSSR count). The van der Waals surface area contributed by atoms with Crippen molar-refractivity contribution in [3.8, 4) is 11.3 Å². The molecule has 0 radical (unpaired) electrons. The average molecular weight is 388 g/mol. The molecule has 2 aromatic rings. The van der Waals surface area contributed by atoms with Gasteiger partial charge in [-0.1, -0.05) is 37.6 Å². The minimum absolute atomic E-state index is 0.0682. The Morgan fingerprint density at radius 1 is 1.33 bits per heavy atom. The summed E-state index contributed by atoms with van der Waals surface area (Å²) in [6, 6.07) is 7.84. The number of carbonyl (C=O) groups excluding carboxylic acids is 1. The SMILES string of the molecule is CCCc1ccc(-c2csc(NC(=O)CN(C3CC3)C(C)C(=O)O)n2)cc1. The third-order valence-electron chi connectivity index (χ3n) is 4.74. The van der Waals surface area contributed by atoms with Crippen LogP contribution in [0.2, 0.25) is 0 Å². The van der Waals surface area contributed by atoms with Crippen LogP contribution in [0.4, 0.5) is 5.13 Å². The number of aromatic nitrogens is 1. The predicted molar refractivity (Wildman–Crippen MR) is 107 cm³/mol. The van der Waals surface area contributed by atoms with Crippen molar-refractivity contribution >= 4 is 28.3 Å². The molecule has 0 spiro atoms. The summed E-state index contributed by atoms with van der Waals surface area (Å²) in [6.45, 7) is 3.85. The number of hydrogen-bond donors (Lipinski definition) is 2. The molecule has 1 fully saturated rings. The summed E-state index contributed by atoms with van der Waals surface area (Å²) in [7, 11) is 0. The lowest BCUT2D eigenvalue weighted by Gasteiger charge is -2.25. The quantitative estimate of drug-likeness (QED) is 0.686. The number of carboxylic acid groups (broad SMARTS) is 1. The van der Waals surface area contributed by atoms with E-state index in [2.05, 4.69) is 41.5 Å². The molecule has 2 N–H and O–H groups in total. The molecule has 0 saturated heterocycles. The van der Waals surface area contributed by atoms with E-state index in [1.54, 1.807) is 11.8 Å². The Morgan fingerprint density at radius 3 is 2.63 bits per heavy atom. The second-order valence-corrected chi connectivity index (χ2v) is 7.81. The zero-order chi connectivity index (χ0) is 19.4. The summed E-state index contributed by atoms with van der Waals surface area (Å²) in [5.41, 5.74) is 3.15. The maximum absolute atomic E-state index is 12.4. The zero-order valence-electron chi connectivity index (χ0n) is 15.6. The topological polar surface area (TPSA) is 82.5 Å². The molecule has 1 aliphatic carbocycles. The Kier molecular flexibility index (Phi) is 6.23. The number of carbonyl (C=O) groups is 2. The second kappa shape index (κ2) is 8.63. The van der Waals surface area contributed by atoms with Crippen molar-refractivity contribution in [2.45, 2.75) is 51.6 Å². The summed E-state index contributed by atoms with van der Waals surface area (Å²) in [5.74, 6) is -1.13. The monoisotopic (exact) mass is 387 g/mol. The van der Waals surface area contributed by atoms with Crippen LogP contribution in [0.25, 0.3) is 11.3 Å². The van der Waals surface area contributed by atoms with Gasteiger partial charge in [-0.2, -0.15) is 0 Å². The third-order valence-corrected chi connectivity index (χ3v) is 5.49. The van der Waals surface area contributed by atoms with Gasteiger partial charge in [-0.05, 0) is 31.7 Å². The van der Waals surface area contributed by atoms with Crippen molar-refractivity contribution in [1.29, 1.82) is 0 Å². The molecule has 144 valence electrons. The van der Waals surface area contributed by atoms with Gasteiger partial charge in [0.1, 0.15) is 6.04 Å². The minimum atomic E-state index is -0.905. The number of aryl methyl sites for hydroxylation is 1. The number of nitrogens with one attached hydrogen (secondary N) is 1. The number of amides is 1. The molecular formula is C20H25N3O3S. The predicted octanol–water partition coefficient (Wildman–Crippen LogP) is 3.64. The Morgan fingerprint density at radius 2 is 2.04 bits per heavy atom. The van der Waals surface area contributed by atoms with E-state index in [-0.39, 0.29) is 18.5 Å². The van der Waals surface area contributed by atoms with E-state index in [0.717, 1.165) is 36.9 Å². The highest BCUT2D eigenvalue weighted by Crippen LogP contribution is 2.29. The molecule has 7 heteroatoms. The largest absolute Gasteiger partial charge is 0.480 e. The van der Waals surface area contributed by atoms with E-state index >= 15 is 0 Å². The highest BCUT2D eigenvalue weighted by atomic mass is 32.1. The number of aliphatic carboxylic acids is 1. The van der Waals surface area contributed by atoms with Crippen LogP contribution in [0.5, 0.6) is 0 Å². The fraction of sp³-hybridized carbons (Fsp3) is 0.450. The molecule has 0 bridgehead atoms. The zero-order valence-corrected chi connectivity index (χ0v) is 16.5. The van der Waals surface area contributed by atoms with Crippen LogP contribution in [0, 0.1) is 0 Å². The van der Waals surface area contributed by atoms with E-state index in [4.69, 9.17) is 0 Å². The number of rotatable bonds is 9. The first-order valence-corrected chi connectivity index (χ1v) is 10.2. The molecule has 1 aromatic carbocycles. The summed E-state index contributed by atoms with van der Waals surface area (Å²) < 4.78 is 0. The summed E-state index contributed by atoms with van der Waals surface area (Å²) in [5, 5.41) is 14.5. The van der Waals surface area contributed by atoms with E-state index in [1.807, 2.05) is 5.38 Å². The molecule has 1 saturated carbocycles. The Labute approximate surface area is 163 Å². The van der Waals surface area contributed by atoms with Gasteiger partial charge in [-0.3, -0.25) is 14.5 Å². The van der Waals surface area contributed by atoms with Gasteiger partial charge in [-0.15, -0.1) is 11.3 Å². The number of hydrogen-bond acceptors (Lipinski definition) is 5. The first-order valence-electron chi connectivity index (χ1n) is 9.31. The standard InChI is InChI=1S/C20H25N3O3S/c1-3-4-14-5-7-15(8-6-14)17-12-27-20(21-17)22-18(24)11-23(16-9-10-16)13(2)19(25)26/h5-8,12-13,16H,3-4,9-11H2,1-2H3,(H,25,26)(H,21,22,24). The van der Waals surface area contributed by atoms with Crippen LogP contribution in [-0.4, -0.2) is 45.5 Å². The van der Waals surface area contributed by atoms with Gasteiger partial charge in [0.25, 0.3) is 0 Å². The molecule has 1 unspecified atom stereocenters. The van der Waals surface area contributed by atoms with Crippen molar-refractivity contribution < 1.29 is 14.7 Å². The first-order chi connectivity index (χ1) is 13.0. The van der Waals surface area contributed by atoms with Gasteiger partial charge in [-0.25, -0.2) is 4.98 Å². The molecule has 1 amide bonds. The molecule has 1 heterocycles. The molecular weight excluding hydrogens is 362 g/mol. The lowest BCUT2D eigenvalue weighted by atomic mass is 10.1. The molecule has 1 aliphatic rings. The van der Waals surface area contributed by atoms with Crippen LogP contribution in [0.3, 0.4) is 0 Å². The molecule has 1 atom stereocenters. The summed E-state index contributed by atoms with van der Waals surface area (Å²) in [6.07, 6.45) is 4.07. The van der Waals surface area contributed by atoms with Gasteiger partial charge < -0.3 is 10.4 Å². The fourth-order valence-corrected chi connectivity index (χ4v) is 3.79. The van der Waals surface area contributed by atoms with Crippen LogP contribution >= 0.6 is 11.3 Å².